The Morgan fingerprint density at radius 2 is 1.90 bits per heavy atom. The molecule has 1 aromatic rings. The topological polar surface area (TPSA) is 66.5 Å². The molecule has 0 spiro atoms. The molecule has 1 aliphatic heterocycles. The van der Waals surface area contributed by atoms with Crippen LogP contribution in [-0.4, -0.2) is 38.4 Å². The molecule has 21 heavy (non-hydrogen) atoms. The van der Waals surface area contributed by atoms with E-state index in [4.69, 9.17) is 0 Å². The maximum atomic E-state index is 12.5. The molecule has 0 radical (unpaired) electrons. The van der Waals surface area contributed by atoms with Crippen LogP contribution in [0.1, 0.15) is 36.0 Å². The molecule has 0 atom stereocenters. The molecule has 1 aromatic carbocycles. The van der Waals surface area contributed by atoms with Crippen LogP contribution in [0.15, 0.2) is 27.6 Å². The van der Waals surface area contributed by atoms with Crippen molar-refractivity contribution in [3.8, 4) is 0 Å². The molecular weight excluding hydrogens is 356 g/mol. The first-order valence-electron chi connectivity index (χ1n) is 7.08. The standard InChI is InChI=1S/C14H17BrN2O3S/c15-13-6-5-11(21(19,20)16-10-3-4-10)9-12(13)14(18)17-7-1-2-8-17/h5-6,9-10,16H,1-4,7-8H2. The molecule has 1 aliphatic carbocycles. The fraction of sp³-hybridized carbons (Fsp3) is 0.500. The number of carbonyl (C=O) groups is 1. The van der Waals surface area contributed by atoms with Gasteiger partial charge in [-0.3, -0.25) is 4.79 Å². The monoisotopic (exact) mass is 372 g/mol. The minimum atomic E-state index is -3.53. The summed E-state index contributed by atoms with van der Waals surface area (Å²) in [5.41, 5.74) is 0.413. The number of rotatable bonds is 4. The first kappa shape index (κ1) is 15.0. The van der Waals surface area contributed by atoms with E-state index in [1.54, 1.807) is 11.0 Å². The lowest BCUT2D eigenvalue weighted by Gasteiger charge is -2.17. The predicted octanol–water partition coefficient (Wildman–Crippen LogP) is 2.13. The van der Waals surface area contributed by atoms with E-state index in [9.17, 15) is 13.2 Å². The highest BCUT2D eigenvalue weighted by atomic mass is 79.9. The molecule has 0 aromatic heterocycles. The van der Waals surface area contributed by atoms with Gasteiger partial charge in [-0.15, -0.1) is 0 Å². The molecule has 1 heterocycles. The summed E-state index contributed by atoms with van der Waals surface area (Å²) >= 11 is 3.35. The lowest BCUT2D eigenvalue weighted by atomic mass is 10.2. The Bertz CT molecular complexity index is 665. The number of nitrogens with zero attached hydrogens (tertiary/aromatic N) is 1. The normalized spacial score (nSPS) is 19.0. The highest BCUT2D eigenvalue weighted by Gasteiger charge is 2.29. The fourth-order valence-electron chi connectivity index (χ4n) is 2.41. The van der Waals surface area contributed by atoms with Gasteiger partial charge in [0, 0.05) is 23.6 Å². The van der Waals surface area contributed by atoms with Gasteiger partial charge in [0.05, 0.1) is 10.5 Å². The number of nitrogens with one attached hydrogen (secondary N) is 1. The second-order valence-electron chi connectivity index (χ2n) is 5.54. The van der Waals surface area contributed by atoms with Crippen molar-refractivity contribution in [2.75, 3.05) is 13.1 Å². The third-order valence-corrected chi connectivity index (χ3v) is 5.98. The molecule has 0 unspecified atom stereocenters. The van der Waals surface area contributed by atoms with Gasteiger partial charge in [-0.1, -0.05) is 0 Å². The second kappa shape index (κ2) is 5.70. The summed E-state index contributed by atoms with van der Waals surface area (Å²) in [6, 6.07) is 4.67. The summed E-state index contributed by atoms with van der Waals surface area (Å²) < 4.78 is 27.7. The van der Waals surface area contributed by atoms with Gasteiger partial charge in [0.2, 0.25) is 10.0 Å². The van der Waals surface area contributed by atoms with E-state index in [1.165, 1.54) is 12.1 Å². The van der Waals surface area contributed by atoms with Crippen molar-refractivity contribution < 1.29 is 13.2 Å². The highest BCUT2D eigenvalue weighted by molar-refractivity contribution is 9.10. The summed E-state index contributed by atoms with van der Waals surface area (Å²) in [4.78, 5) is 14.4. The lowest BCUT2D eigenvalue weighted by Crippen LogP contribution is -2.29. The number of carbonyl (C=O) groups excluding carboxylic acids is 1. The third kappa shape index (κ3) is 3.30. The van der Waals surface area contributed by atoms with Gasteiger partial charge in [0.15, 0.2) is 0 Å². The van der Waals surface area contributed by atoms with Gasteiger partial charge in [-0.2, -0.15) is 0 Å². The number of hydrogen-bond donors (Lipinski definition) is 1. The maximum absolute atomic E-state index is 12.5. The molecule has 7 heteroatoms. The van der Waals surface area contributed by atoms with Gasteiger partial charge in [0.1, 0.15) is 0 Å². The molecule has 1 amide bonds. The van der Waals surface area contributed by atoms with E-state index in [0.29, 0.717) is 10.0 Å². The Balaban J connectivity index is 1.90. The lowest BCUT2D eigenvalue weighted by molar-refractivity contribution is 0.0791. The SMILES string of the molecule is O=C(c1cc(S(=O)(=O)NC2CC2)ccc1Br)N1CCCC1. The van der Waals surface area contributed by atoms with Crippen LogP contribution in [0.5, 0.6) is 0 Å². The molecule has 2 fully saturated rings. The zero-order chi connectivity index (χ0) is 15.0. The number of amides is 1. The molecule has 1 saturated carbocycles. The predicted molar refractivity (Wildman–Crippen MR) is 82.6 cm³/mol. The van der Waals surface area contributed by atoms with E-state index in [2.05, 4.69) is 20.7 Å². The first-order valence-corrected chi connectivity index (χ1v) is 9.36. The third-order valence-electron chi connectivity index (χ3n) is 3.77. The van der Waals surface area contributed by atoms with Crippen LogP contribution >= 0.6 is 15.9 Å². The van der Waals surface area contributed by atoms with Gasteiger partial charge in [0.25, 0.3) is 5.91 Å². The minimum Gasteiger partial charge on any atom is -0.339 e. The Morgan fingerprint density at radius 3 is 2.52 bits per heavy atom. The smallest absolute Gasteiger partial charge is 0.255 e. The molecule has 3 rings (SSSR count). The van der Waals surface area contributed by atoms with E-state index >= 15 is 0 Å². The number of sulfonamides is 1. The van der Waals surface area contributed by atoms with Crippen molar-refractivity contribution in [2.24, 2.45) is 0 Å². The largest absolute Gasteiger partial charge is 0.339 e. The first-order chi connectivity index (χ1) is 9.97. The summed E-state index contributed by atoms with van der Waals surface area (Å²) in [6.45, 7) is 1.48. The molecule has 5 nitrogen and oxygen atoms in total. The number of hydrogen-bond acceptors (Lipinski definition) is 3. The number of benzene rings is 1. The summed E-state index contributed by atoms with van der Waals surface area (Å²) in [7, 11) is -3.53. The van der Waals surface area contributed by atoms with Crippen molar-refractivity contribution in [2.45, 2.75) is 36.6 Å². The molecule has 1 saturated heterocycles. The van der Waals surface area contributed by atoms with Crippen molar-refractivity contribution in [3.05, 3.63) is 28.2 Å². The van der Waals surface area contributed by atoms with Gasteiger partial charge < -0.3 is 4.90 Å². The van der Waals surface area contributed by atoms with Gasteiger partial charge in [-0.25, -0.2) is 13.1 Å². The Kier molecular flexibility index (Phi) is 4.07. The zero-order valence-corrected chi connectivity index (χ0v) is 13.9. The van der Waals surface area contributed by atoms with Crippen LogP contribution in [0, 0.1) is 0 Å². The van der Waals surface area contributed by atoms with Crippen LogP contribution < -0.4 is 4.72 Å². The summed E-state index contributed by atoms with van der Waals surface area (Å²) in [5.74, 6) is -0.108. The van der Waals surface area contributed by atoms with Crippen molar-refractivity contribution >= 4 is 31.9 Å². The van der Waals surface area contributed by atoms with Crippen LogP contribution in [0.4, 0.5) is 0 Å². The van der Waals surface area contributed by atoms with E-state index < -0.39 is 10.0 Å². The van der Waals surface area contributed by atoms with Crippen LogP contribution in [-0.2, 0) is 10.0 Å². The fourth-order valence-corrected chi connectivity index (χ4v) is 4.16. The quantitative estimate of drug-likeness (QED) is 0.879. The van der Waals surface area contributed by atoms with Gasteiger partial charge in [-0.05, 0) is 59.8 Å². The molecular formula is C14H17BrN2O3S. The molecule has 0 bridgehead atoms. The number of likely N-dealkylation sites (tertiary alicyclic amines) is 1. The van der Waals surface area contributed by atoms with Crippen molar-refractivity contribution in [3.63, 3.8) is 0 Å². The minimum absolute atomic E-state index is 0.0522. The summed E-state index contributed by atoms with van der Waals surface area (Å²) in [5, 5.41) is 0. The van der Waals surface area contributed by atoms with Crippen LogP contribution in [0.2, 0.25) is 0 Å². The van der Waals surface area contributed by atoms with E-state index in [-0.39, 0.29) is 16.8 Å². The van der Waals surface area contributed by atoms with Gasteiger partial charge >= 0.3 is 0 Å². The van der Waals surface area contributed by atoms with Crippen LogP contribution in [0.25, 0.3) is 0 Å². The molecule has 1 N–H and O–H groups in total. The van der Waals surface area contributed by atoms with Crippen molar-refractivity contribution in [1.82, 2.24) is 9.62 Å². The van der Waals surface area contributed by atoms with E-state index in [0.717, 1.165) is 38.8 Å². The summed E-state index contributed by atoms with van der Waals surface area (Å²) in [6.07, 6.45) is 3.78. The Hall–Kier alpha value is -0.920. The van der Waals surface area contributed by atoms with Crippen LogP contribution in [0.3, 0.4) is 0 Å². The molecule has 2 aliphatic rings. The van der Waals surface area contributed by atoms with Crippen molar-refractivity contribution in [1.29, 1.82) is 0 Å². The number of halogens is 1. The average Bonchev–Trinajstić information content (AvgIpc) is 3.07. The Morgan fingerprint density at radius 1 is 1.24 bits per heavy atom. The maximum Gasteiger partial charge on any atom is 0.255 e. The Labute approximate surface area is 132 Å². The average molecular weight is 373 g/mol. The molecule has 114 valence electrons. The zero-order valence-electron chi connectivity index (χ0n) is 11.5. The van der Waals surface area contributed by atoms with E-state index in [1.807, 2.05) is 0 Å². The second-order valence-corrected chi connectivity index (χ2v) is 8.10. The highest BCUT2D eigenvalue weighted by Crippen LogP contribution is 2.26.